The van der Waals surface area contributed by atoms with E-state index in [1.165, 1.54) is 23.1 Å². The molecule has 1 aliphatic heterocycles. The fourth-order valence-corrected chi connectivity index (χ4v) is 2.86. The van der Waals surface area contributed by atoms with E-state index in [0.717, 1.165) is 6.07 Å². The Morgan fingerprint density at radius 2 is 1.62 bits per heavy atom. The van der Waals surface area contributed by atoms with Gasteiger partial charge in [0, 0.05) is 31.7 Å². The van der Waals surface area contributed by atoms with Crippen LogP contribution in [0, 0.1) is 0 Å². The lowest BCUT2D eigenvalue weighted by molar-refractivity contribution is -0.138. The van der Waals surface area contributed by atoms with E-state index in [4.69, 9.17) is 0 Å². The number of nitrogens with one attached hydrogen (secondary N) is 1. The van der Waals surface area contributed by atoms with Crippen molar-refractivity contribution < 1.29 is 22.8 Å². The smallest absolute Gasteiger partial charge is 0.350 e. The molecule has 2 amide bonds. The second-order valence-corrected chi connectivity index (χ2v) is 7.41. The van der Waals surface area contributed by atoms with Crippen molar-refractivity contribution in [2.24, 2.45) is 0 Å². The van der Waals surface area contributed by atoms with Crippen molar-refractivity contribution in [3.05, 3.63) is 35.4 Å². The number of nitrogens with zero attached hydrogens (tertiary/aromatic N) is 2. The fraction of sp³-hybridized carbons (Fsp3) is 0.556. The van der Waals surface area contributed by atoms with Crippen LogP contribution in [-0.2, 0) is 11.0 Å². The van der Waals surface area contributed by atoms with Gasteiger partial charge in [0.25, 0.3) is 5.91 Å². The van der Waals surface area contributed by atoms with Crippen molar-refractivity contribution in [3.63, 3.8) is 0 Å². The van der Waals surface area contributed by atoms with Gasteiger partial charge in [-0.3, -0.25) is 14.5 Å². The Bertz CT molecular complexity index is 660. The molecular formula is C18H24F3N3O2. The Labute approximate surface area is 151 Å². The molecule has 0 radical (unpaired) electrons. The molecule has 0 aromatic heterocycles. The van der Waals surface area contributed by atoms with E-state index < -0.39 is 17.6 Å². The first-order valence-corrected chi connectivity index (χ1v) is 8.46. The number of benzene rings is 1. The summed E-state index contributed by atoms with van der Waals surface area (Å²) in [6.07, 6.45) is -4.57. The van der Waals surface area contributed by atoms with Gasteiger partial charge in [-0.1, -0.05) is 12.1 Å². The molecule has 0 bridgehead atoms. The topological polar surface area (TPSA) is 52.7 Å². The highest BCUT2D eigenvalue weighted by Crippen LogP contribution is 2.32. The summed E-state index contributed by atoms with van der Waals surface area (Å²) in [4.78, 5) is 27.8. The van der Waals surface area contributed by atoms with Crippen LogP contribution in [0.3, 0.4) is 0 Å². The van der Waals surface area contributed by atoms with Crippen molar-refractivity contribution in [3.8, 4) is 0 Å². The number of piperazine rings is 1. The van der Waals surface area contributed by atoms with Crippen LogP contribution >= 0.6 is 0 Å². The van der Waals surface area contributed by atoms with Crippen molar-refractivity contribution in [2.45, 2.75) is 32.5 Å². The number of halogens is 3. The largest absolute Gasteiger partial charge is 0.417 e. The van der Waals surface area contributed by atoms with E-state index in [9.17, 15) is 22.8 Å². The van der Waals surface area contributed by atoms with Gasteiger partial charge in [0.15, 0.2) is 0 Å². The van der Waals surface area contributed by atoms with Crippen LogP contribution in [0.1, 0.15) is 36.7 Å². The molecule has 1 saturated heterocycles. The van der Waals surface area contributed by atoms with Crippen molar-refractivity contribution in [1.29, 1.82) is 0 Å². The van der Waals surface area contributed by atoms with Gasteiger partial charge in [-0.2, -0.15) is 13.2 Å². The zero-order valence-corrected chi connectivity index (χ0v) is 15.2. The molecule has 8 heteroatoms. The van der Waals surface area contributed by atoms with Crippen LogP contribution in [0.25, 0.3) is 0 Å². The second-order valence-electron chi connectivity index (χ2n) is 7.41. The lowest BCUT2D eigenvalue weighted by Crippen LogP contribution is -2.53. The van der Waals surface area contributed by atoms with Gasteiger partial charge in [-0.05, 0) is 32.9 Å². The van der Waals surface area contributed by atoms with Gasteiger partial charge in [-0.15, -0.1) is 0 Å². The highest BCUT2D eigenvalue weighted by atomic mass is 19.4. The molecule has 2 rings (SSSR count). The summed E-state index contributed by atoms with van der Waals surface area (Å²) < 4.78 is 39.3. The SMILES string of the molecule is CC(C)(C)NC(=O)CN1CCN(C(=O)c2ccccc2C(F)(F)F)CC1. The summed E-state index contributed by atoms with van der Waals surface area (Å²) in [6.45, 7) is 7.33. The summed E-state index contributed by atoms with van der Waals surface area (Å²) in [7, 11) is 0. The van der Waals surface area contributed by atoms with Gasteiger partial charge in [0.1, 0.15) is 0 Å². The minimum absolute atomic E-state index is 0.111. The minimum Gasteiger partial charge on any atom is -0.350 e. The van der Waals surface area contributed by atoms with Crippen LogP contribution in [0.15, 0.2) is 24.3 Å². The second kappa shape index (κ2) is 7.65. The van der Waals surface area contributed by atoms with Gasteiger partial charge in [0.05, 0.1) is 17.7 Å². The number of alkyl halides is 3. The average Bonchev–Trinajstić information content (AvgIpc) is 2.52. The standard InChI is InChI=1S/C18H24F3N3O2/c1-17(2,3)22-15(25)12-23-8-10-24(11-9-23)16(26)13-6-4-5-7-14(13)18(19,20)21/h4-7H,8-12H2,1-3H3,(H,22,25). The molecular weight excluding hydrogens is 347 g/mol. The van der Waals surface area contributed by atoms with Crippen molar-refractivity contribution >= 4 is 11.8 Å². The lowest BCUT2D eigenvalue weighted by Gasteiger charge is -2.35. The van der Waals surface area contributed by atoms with Crippen LogP contribution in [-0.4, -0.2) is 59.9 Å². The fourth-order valence-electron chi connectivity index (χ4n) is 2.86. The Balaban J connectivity index is 1.96. The lowest BCUT2D eigenvalue weighted by atomic mass is 10.1. The maximum atomic E-state index is 13.1. The molecule has 1 aromatic carbocycles. The average molecular weight is 371 g/mol. The van der Waals surface area contributed by atoms with E-state index >= 15 is 0 Å². The van der Waals surface area contributed by atoms with E-state index in [0.29, 0.717) is 13.1 Å². The Morgan fingerprint density at radius 1 is 1.04 bits per heavy atom. The van der Waals surface area contributed by atoms with Crippen molar-refractivity contribution in [2.75, 3.05) is 32.7 Å². The monoisotopic (exact) mass is 371 g/mol. The van der Waals surface area contributed by atoms with Crippen LogP contribution in [0.5, 0.6) is 0 Å². The highest BCUT2D eigenvalue weighted by Gasteiger charge is 2.36. The summed E-state index contributed by atoms with van der Waals surface area (Å²) >= 11 is 0. The number of carbonyl (C=O) groups is 2. The maximum Gasteiger partial charge on any atom is 0.417 e. The quantitative estimate of drug-likeness (QED) is 0.888. The normalized spacial score (nSPS) is 16.5. The van der Waals surface area contributed by atoms with Crippen LogP contribution in [0.2, 0.25) is 0 Å². The van der Waals surface area contributed by atoms with E-state index in [-0.39, 0.29) is 36.6 Å². The number of amides is 2. The first-order chi connectivity index (χ1) is 12.0. The zero-order chi connectivity index (χ0) is 19.5. The molecule has 1 N–H and O–H groups in total. The molecule has 0 atom stereocenters. The Hall–Kier alpha value is -2.09. The van der Waals surface area contributed by atoms with E-state index in [2.05, 4.69) is 5.32 Å². The molecule has 0 saturated carbocycles. The number of hydrogen-bond donors (Lipinski definition) is 1. The predicted molar refractivity (Wildman–Crippen MR) is 91.7 cm³/mol. The molecule has 0 unspecified atom stereocenters. The predicted octanol–water partition coefficient (Wildman–Crippen LogP) is 2.38. The highest BCUT2D eigenvalue weighted by molar-refractivity contribution is 5.96. The van der Waals surface area contributed by atoms with E-state index in [1.54, 1.807) is 0 Å². The van der Waals surface area contributed by atoms with Gasteiger partial charge in [-0.25, -0.2) is 0 Å². The molecule has 26 heavy (non-hydrogen) atoms. The first kappa shape index (κ1) is 20.2. The third kappa shape index (κ3) is 5.45. The summed E-state index contributed by atoms with van der Waals surface area (Å²) in [5, 5.41) is 2.86. The maximum absolute atomic E-state index is 13.1. The van der Waals surface area contributed by atoms with Gasteiger partial charge in [0.2, 0.25) is 5.91 Å². The molecule has 1 aliphatic rings. The summed E-state index contributed by atoms with van der Waals surface area (Å²) in [5.74, 6) is -0.739. The van der Waals surface area contributed by atoms with Gasteiger partial charge < -0.3 is 10.2 Å². The third-order valence-electron chi connectivity index (χ3n) is 4.00. The molecule has 0 spiro atoms. The molecule has 1 aromatic rings. The molecule has 1 fully saturated rings. The van der Waals surface area contributed by atoms with Crippen LogP contribution < -0.4 is 5.32 Å². The third-order valence-corrected chi connectivity index (χ3v) is 4.00. The molecule has 0 aliphatic carbocycles. The molecule has 5 nitrogen and oxygen atoms in total. The summed E-state index contributed by atoms with van der Waals surface area (Å²) in [5.41, 5.74) is -1.58. The Morgan fingerprint density at radius 3 is 2.15 bits per heavy atom. The summed E-state index contributed by atoms with van der Waals surface area (Å²) in [6, 6.07) is 4.82. The molecule has 1 heterocycles. The number of carbonyl (C=O) groups excluding carboxylic acids is 2. The van der Waals surface area contributed by atoms with Gasteiger partial charge >= 0.3 is 6.18 Å². The zero-order valence-electron chi connectivity index (χ0n) is 15.2. The minimum atomic E-state index is -4.57. The van der Waals surface area contributed by atoms with Crippen LogP contribution in [0.4, 0.5) is 13.2 Å². The number of hydrogen-bond acceptors (Lipinski definition) is 3. The number of rotatable bonds is 3. The first-order valence-electron chi connectivity index (χ1n) is 8.46. The van der Waals surface area contributed by atoms with Crippen molar-refractivity contribution in [1.82, 2.24) is 15.1 Å². The molecule has 144 valence electrons. The van der Waals surface area contributed by atoms with E-state index in [1.807, 2.05) is 25.7 Å². The Kier molecular flexibility index (Phi) is 5.95.